The minimum absolute atomic E-state index is 0.291. The molecule has 0 saturated heterocycles. The summed E-state index contributed by atoms with van der Waals surface area (Å²) in [5.41, 5.74) is 1.31. The molecule has 1 unspecified atom stereocenters. The van der Waals surface area contributed by atoms with E-state index in [1.54, 1.807) is 0 Å². The molecule has 1 aromatic heterocycles. The van der Waals surface area contributed by atoms with E-state index in [9.17, 15) is 9.90 Å². The first kappa shape index (κ1) is 10.3. The smallest absolute Gasteiger partial charge is 0.329 e. The first-order valence-corrected chi connectivity index (χ1v) is 5.36. The lowest BCUT2D eigenvalue weighted by Crippen LogP contribution is -2.42. The number of aliphatic carboxylic acids is 1. The van der Waals surface area contributed by atoms with Gasteiger partial charge in [-0.1, -0.05) is 0 Å². The second-order valence-electron chi connectivity index (χ2n) is 4.68. The van der Waals surface area contributed by atoms with Gasteiger partial charge in [0, 0.05) is 11.4 Å². The Morgan fingerprint density at radius 3 is 2.20 bits per heavy atom. The summed E-state index contributed by atoms with van der Waals surface area (Å²) < 4.78 is 1.97. The van der Waals surface area contributed by atoms with Crippen LogP contribution in [0.4, 0.5) is 0 Å². The van der Waals surface area contributed by atoms with Crippen LogP contribution in [0.3, 0.4) is 0 Å². The maximum absolute atomic E-state index is 11.5. The van der Waals surface area contributed by atoms with Crippen LogP contribution < -0.4 is 0 Å². The molecule has 1 N–H and O–H groups in total. The van der Waals surface area contributed by atoms with Crippen LogP contribution in [0.25, 0.3) is 0 Å². The second kappa shape index (κ2) is 3.12. The summed E-state index contributed by atoms with van der Waals surface area (Å²) in [7, 11) is 0. The van der Waals surface area contributed by atoms with E-state index >= 15 is 0 Å². The van der Waals surface area contributed by atoms with E-state index < -0.39 is 11.5 Å². The zero-order chi connectivity index (χ0) is 11.2. The Labute approximate surface area is 89.7 Å². The number of carboxylic acid groups (broad SMARTS) is 1. The lowest BCUT2D eigenvalue weighted by molar-refractivity contribution is -0.148. The lowest BCUT2D eigenvalue weighted by Gasteiger charge is -2.30. The molecule has 2 rings (SSSR count). The molecular formula is C12H17NO2. The molecule has 3 nitrogen and oxygen atoms in total. The summed E-state index contributed by atoms with van der Waals surface area (Å²) in [4.78, 5) is 11.5. The van der Waals surface area contributed by atoms with Crippen molar-refractivity contribution in [1.82, 2.24) is 4.57 Å². The van der Waals surface area contributed by atoms with Gasteiger partial charge >= 0.3 is 5.97 Å². The van der Waals surface area contributed by atoms with Gasteiger partial charge in [-0.25, -0.2) is 4.79 Å². The molecule has 1 saturated carbocycles. The Balaban J connectivity index is 2.54. The van der Waals surface area contributed by atoms with Gasteiger partial charge < -0.3 is 9.67 Å². The van der Waals surface area contributed by atoms with Crippen molar-refractivity contribution in [2.24, 2.45) is 5.92 Å². The van der Waals surface area contributed by atoms with E-state index in [-0.39, 0.29) is 0 Å². The summed E-state index contributed by atoms with van der Waals surface area (Å²) in [6.45, 7) is 5.78. The van der Waals surface area contributed by atoms with Gasteiger partial charge in [0.1, 0.15) is 5.54 Å². The Morgan fingerprint density at radius 2 is 1.87 bits per heavy atom. The molecule has 82 valence electrons. The van der Waals surface area contributed by atoms with Crippen molar-refractivity contribution >= 4 is 5.97 Å². The van der Waals surface area contributed by atoms with E-state index in [0.29, 0.717) is 5.92 Å². The van der Waals surface area contributed by atoms with Crippen molar-refractivity contribution in [2.75, 3.05) is 0 Å². The van der Waals surface area contributed by atoms with Gasteiger partial charge in [0.05, 0.1) is 0 Å². The van der Waals surface area contributed by atoms with Crippen LogP contribution in [0.5, 0.6) is 0 Å². The summed E-state index contributed by atoms with van der Waals surface area (Å²) in [6, 6.07) is 3.97. The zero-order valence-electron chi connectivity index (χ0n) is 9.45. The summed E-state index contributed by atoms with van der Waals surface area (Å²) >= 11 is 0. The molecular weight excluding hydrogens is 190 g/mol. The normalized spacial score (nSPS) is 19.9. The minimum atomic E-state index is -0.752. The Kier molecular flexibility index (Phi) is 2.14. The molecule has 15 heavy (non-hydrogen) atoms. The van der Waals surface area contributed by atoms with Gasteiger partial charge in [-0.15, -0.1) is 0 Å². The molecule has 1 fully saturated rings. The SMILES string of the molecule is Cc1ccc(C)n1C(C)(C(=O)O)C1CC1. The number of carbonyl (C=O) groups is 1. The second-order valence-corrected chi connectivity index (χ2v) is 4.68. The van der Waals surface area contributed by atoms with Crippen molar-refractivity contribution in [2.45, 2.75) is 39.2 Å². The average molecular weight is 207 g/mol. The minimum Gasteiger partial charge on any atom is -0.479 e. The highest BCUT2D eigenvalue weighted by atomic mass is 16.4. The molecule has 1 aliphatic rings. The third-order valence-corrected chi connectivity index (χ3v) is 3.54. The summed E-state index contributed by atoms with van der Waals surface area (Å²) in [5.74, 6) is -0.424. The van der Waals surface area contributed by atoms with Crippen LogP contribution in [-0.4, -0.2) is 15.6 Å². The maximum atomic E-state index is 11.5. The number of hydrogen-bond acceptors (Lipinski definition) is 1. The van der Waals surface area contributed by atoms with Gasteiger partial charge in [-0.3, -0.25) is 0 Å². The van der Waals surface area contributed by atoms with Crippen molar-refractivity contribution < 1.29 is 9.90 Å². The van der Waals surface area contributed by atoms with Crippen LogP contribution in [0.15, 0.2) is 12.1 Å². The van der Waals surface area contributed by atoms with E-state index in [2.05, 4.69) is 0 Å². The number of rotatable bonds is 3. The van der Waals surface area contributed by atoms with Crippen LogP contribution in [0.1, 0.15) is 31.2 Å². The van der Waals surface area contributed by atoms with Crippen LogP contribution in [0, 0.1) is 19.8 Å². The number of nitrogens with zero attached hydrogens (tertiary/aromatic N) is 1. The highest BCUT2D eigenvalue weighted by Gasteiger charge is 2.49. The van der Waals surface area contributed by atoms with Crippen molar-refractivity contribution in [3.8, 4) is 0 Å². The zero-order valence-corrected chi connectivity index (χ0v) is 9.45. The first-order valence-electron chi connectivity index (χ1n) is 5.36. The fourth-order valence-electron chi connectivity index (χ4n) is 2.50. The van der Waals surface area contributed by atoms with Gasteiger partial charge in [0.2, 0.25) is 0 Å². The van der Waals surface area contributed by atoms with Gasteiger partial charge in [-0.05, 0) is 51.7 Å². The molecule has 1 heterocycles. The highest BCUT2D eigenvalue weighted by molar-refractivity contribution is 5.77. The van der Waals surface area contributed by atoms with Crippen molar-refractivity contribution in [3.05, 3.63) is 23.5 Å². The van der Waals surface area contributed by atoms with Crippen molar-refractivity contribution in [1.29, 1.82) is 0 Å². The van der Waals surface area contributed by atoms with Gasteiger partial charge in [0.15, 0.2) is 0 Å². The monoisotopic (exact) mass is 207 g/mol. The van der Waals surface area contributed by atoms with Gasteiger partial charge in [-0.2, -0.15) is 0 Å². The molecule has 1 aromatic rings. The summed E-state index contributed by atoms with van der Waals surface area (Å²) in [6.07, 6.45) is 2.06. The molecule has 3 heteroatoms. The highest BCUT2D eigenvalue weighted by Crippen LogP contribution is 2.45. The number of carboxylic acids is 1. The van der Waals surface area contributed by atoms with Crippen LogP contribution >= 0.6 is 0 Å². The fourth-order valence-corrected chi connectivity index (χ4v) is 2.50. The van der Waals surface area contributed by atoms with Crippen LogP contribution in [-0.2, 0) is 10.3 Å². The van der Waals surface area contributed by atoms with Gasteiger partial charge in [0.25, 0.3) is 0 Å². The van der Waals surface area contributed by atoms with E-state index in [0.717, 1.165) is 24.2 Å². The quantitative estimate of drug-likeness (QED) is 0.826. The molecule has 0 radical (unpaired) electrons. The Morgan fingerprint density at radius 1 is 1.40 bits per heavy atom. The lowest BCUT2D eigenvalue weighted by atomic mass is 9.95. The van der Waals surface area contributed by atoms with Crippen LogP contribution in [0.2, 0.25) is 0 Å². The Hall–Kier alpha value is -1.25. The fraction of sp³-hybridized carbons (Fsp3) is 0.583. The van der Waals surface area contributed by atoms with Crippen molar-refractivity contribution in [3.63, 3.8) is 0 Å². The first-order chi connectivity index (χ1) is 6.98. The standard InChI is InChI=1S/C12H17NO2/c1-8-4-5-9(2)13(8)12(3,11(14)15)10-6-7-10/h4-5,10H,6-7H2,1-3H3,(H,14,15). The number of aryl methyl sites for hydroxylation is 2. The summed E-state index contributed by atoms with van der Waals surface area (Å²) in [5, 5.41) is 9.44. The van der Waals surface area contributed by atoms with E-state index in [4.69, 9.17) is 0 Å². The molecule has 0 bridgehead atoms. The number of hydrogen-bond donors (Lipinski definition) is 1. The predicted octanol–water partition coefficient (Wildman–Crippen LogP) is 2.31. The average Bonchev–Trinajstić information content (AvgIpc) is 2.93. The maximum Gasteiger partial charge on any atom is 0.329 e. The molecule has 1 atom stereocenters. The molecule has 0 spiro atoms. The topological polar surface area (TPSA) is 42.2 Å². The molecule has 0 aliphatic heterocycles. The number of aromatic nitrogens is 1. The van der Waals surface area contributed by atoms with E-state index in [1.165, 1.54) is 0 Å². The Bertz CT molecular complexity index is 384. The largest absolute Gasteiger partial charge is 0.479 e. The third-order valence-electron chi connectivity index (χ3n) is 3.54. The molecule has 0 aromatic carbocycles. The molecule has 0 amide bonds. The molecule has 1 aliphatic carbocycles. The predicted molar refractivity (Wildman–Crippen MR) is 57.9 cm³/mol. The third kappa shape index (κ3) is 1.37. The van der Waals surface area contributed by atoms with E-state index in [1.807, 2.05) is 37.5 Å².